The third-order valence-corrected chi connectivity index (χ3v) is 6.20. The van der Waals surface area contributed by atoms with Gasteiger partial charge in [-0.3, -0.25) is 9.59 Å². The van der Waals surface area contributed by atoms with Crippen molar-refractivity contribution < 1.29 is 40.3 Å². The van der Waals surface area contributed by atoms with Gasteiger partial charge in [-0.15, -0.1) is 0 Å². The Labute approximate surface area is 230 Å². The Bertz CT molecular complexity index is 1490. The van der Waals surface area contributed by atoms with Gasteiger partial charge in [0.15, 0.2) is 5.69 Å². The van der Waals surface area contributed by atoms with Crippen LogP contribution in [0, 0.1) is 20.4 Å². The quantitative estimate of drug-likeness (QED) is 0.232. The minimum absolute atomic E-state index is 0.00236. The van der Waals surface area contributed by atoms with E-state index in [9.17, 15) is 40.3 Å². The smallest absolute Gasteiger partial charge is 0.376 e. The number of hydrogen-bond donors (Lipinski definition) is 2. The molecule has 2 amide bonds. The molecule has 2 N–H and O–H groups in total. The number of rotatable bonds is 6. The molecule has 0 aliphatic carbocycles. The minimum Gasteiger partial charge on any atom is -0.376 e. The zero-order valence-electron chi connectivity index (χ0n) is 22.1. The Kier molecular flexibility index (Phi) is 8.38. The number of amides is 2. The summed E-state index contributed by atoms with van der Waals surface area (Å²) in [5, 5.41) is 5.13. The molecule has 0 saturated carbocycles. The van der Waals surface area contributed by atoms with Gasteiger partial charge in [-0.25, -0.2) is 9.24 Å². The summed E-state index contributed by atoms with van der Waals surface area (Å²) in [6.45, 7) is 9.28. The van der Waals surface area contributed by atoms with E-state index in [0.29, 0.717) is 23.5 Å². The van der Waals surface area contributed by atoms with E-state index < -0.39 is 35.4 Å². The summed E-state index contributed by atoms with van der Waals surface area (Å²) in [4.78, 5) is 30.8. The normalized spacial score (nSPS) is 12.0. The van der Waals surface area contributed by atoms with Crippen molar-refractivity contribution in [3.8, 4) is 0 Å². The number of benzene rings is 3. The summed E-state index contributed by atoms with van der Waals surface area (Å²) >= 11 is 0. The van der Waals surface area contributed by atoms with Crippen LogP contribution >= 0.6 is 0 Å². The van der Waals surface area contributed by atoms with Crippen LogP contribution in [0.2, 0.25) is 0 Å². The highest BCUT2D eigenvalue weighted by atomic mass is 19.4. The van der Waals surface area contributed by atoms with E-state index in [1.165, 1.54) is 42.5 Å². The Morgan fingerprint density at radius 2 is 1.24 bits per heavy atom. The largest absolute Gasteiger partial charge is 0.435 e. The van der Waals surface area contributed by atoms with Crippen LogP contribution < -0.4 is 15.5 Å². The van der Waals surface area contributed by atoms with E-state index in [0.717, 1.165) is 13.8 Å². The highest BCUT2D eigenvalue weighted by Gasteiger charge is 2.73. The molecule has 0 radical (unpaired) electrons. The molecule has 0 fully saturated rings. The third-order valence-electron chi connectivity index (χ3n) is 6.20. The molecule has 0 unspecified atom stereocenters. The highest BCUT2D eigenvalue weighted by molar-refractivity contribution is 6.09. The zero-order valence-corrected chi connectivity index (χ0v) is 22.1. The monoisotopic (exact) mass is 580 g/mol. The van der Waals surface area contributed by atoms with Crippen LogP contribution in [-0.4, -0.2) is 38.3 Å². The summed E-state index contributed by atoms with van der Waals surface area (Å²) in [5.74, 6) is -1.32. The predicted octanol–water partition coefficient (Wildman–Crippen LogP) is 7.71. The molecule has 0 aromatic heterocycles. The van der Waals surface area contributed by atoms with Crippen LogP contribution in [0.4, 0.5) is 53.5 Å². The first kappa shape index (κ1) is 30.9. The molecule has 41 heavy (non-hydrogen) atoms. The maximum absolute atomic E-state index is 14.6. The standard InChI is InChI=1S/C28H23F7N4O2/c1-15-12-19(26(29,27(30,31)32)28(33,34)35)13-16(2)23(15)38-25(41)18-8-11-22(39(4)5)21(14-18)37-24(40)17-6-9-20(36-3)10-7-17/h6-14H,1-2,4-5H3,(H,37,40)(H,38,41). The number of alkyl halides is 7. The summed E-state index contributed by atoms with van der Waals surface area (Å²) in [7, 11) is 3.38. The average Bonchev–Trinajstić information content (AvgIpc) is 2.88. The van der Waals surface area contributed by atoms with Crippen LogP contribution in [0.1, 0.15) is 37.4 Å². The number of hydrogen-bond acceptors (Lipinski definition) is 3. The molecule has 0 saturated heterocycles. The molecule has 0 heterocycles. The number of aryl methyl sites for hydroxylation is 2. The SMILES string of the molecule is [C-]#[N+]c1ccc(C(=O)Nc2cc(C(=O)Nc3c(C)cc(C(F)(C(F)(F)F)C(F)(F)F)cc3C)ccc2N(C)C)cc1. The number of carbonyl (C=O) groups is 2. The van der Waals surface area contributed by atoms with Gasteiger partial charge < -0.3 is 15.5 Å². The van der Waals surface area contributed by atoms with E-state index in [2.05, 4.69) is 15.5 Å². The molecular weight excluding hydrogens is 557 g/mol. The molecule has 6 nitrogen and oxygen atoms in total. The van der Waals surface area contributed by atoms with Crippen molar-refractivity contribution >= 4 is 34.6 Å². The van der Waals surface area contributed by atoms with Crippen molar-refractivity contribution in [1.29, 1.82) is 0 Å². The van der Waals surface area contributed by atoms with Gasteiger partial charge in [0.2, 0.25) is 0 Å². The zero-order chi connectivity index (χ0) is 30.9. The number of nitrogens with zero attached hydrogens (tertiary/aromatic N) is 2. The van der Waals surface area contributed by atoms with Gasteiger partial charge in [-0.05, 0) is 43.2 Å². The first-order valence-electron chi connectivity index (χ1n) is 11.8. The van der Waals surface area contributed by atoms with Crippen molar-refractivity contribution in [3.63, 3.8) is 0 Å². The van der Waals surface area contributed by atoms with Gasteiger partial charge in [0.1, 0.15) is 0 Å². The van der Waals surface area contributed by atoms with Gasteiger partial charge >= 0.3 is 18.0 Å². The summed E-state index contributed by atoms with van der Waals surface area (Å²) < 4.78 is 94.0. The van der Waals surface area contributed by atoms with E-state index in [1.807, 2.05) is 0 Å². The van der Waals surface area contributed by atoms with Gasteiger partial charge in [0.05, 0.1) is 17.9 Å². The van der Waals surface area contributed by atoms with Crippen LogP contribution in [0.25, 0.3) is 4.85 Å². The van der Waals surface area contributed by atoms with E-state index in [1.54, 1.807) is 19.0 Å². The maximum Gasteiger partial charge on any atom is 0.435 e. The Hall–Kier alpha value is -4.60. The molecule has 13 heteroatoms. The summed E-state index contributed by atoms with van der Waals surface area (Å²) in [6.07, 6.45) is -12.5. The van der Waals surface area contributed by atoms with Crippen LogP contribution in [0.3, 0.4) is 0 Å². The highest BCUT2D eigenvalue weighted by Crippen LogP contribution is 2.53. The maximum atomic E-state index is 14.6. The second kappa shape index (κ2) is 11.1. The Morgan fingerprint density at radius 1 is 0.756 bits per heavy atom. The predicted molar refractivity (Wildman–Crippen MR) is 140 cm³/mol. The first-order valence-corrected chi connectivity index (χ1v) is 11.8. The first-order chi connectivity index (χ1) is 18.9. The van der Waals surface area contributed by atoms with Gasteiger partial charge in [0.25, 0.3) is 11.8 Å². The van der Waals surface area contributed by atoms with E-state index in [-0.39, 0.29) is 33.6 Å². The lowest BCUT2D eigenvalue weighted by Crippen LogP contribution is -2.50. The van der Waals surface area contributed by atoms with Crippen molar-refractivity contribution in [3.05, 3.63) is 93.8 Å². The fraction of sp³-hybridized carbons (Fsp3) is 0.250. The van der Waals surface area contributed by atoms with E-state index >= 15 is 0 Å². The third kappa shape index (κ3) is 6.11. The molecule has 3 rings (SSSR count). The lowest BCUT2D eigenvalue weighted by atomic mass is 9.90. The van der Waals surface area contributed by atoms with Gasteiger partial charge in [-0.2, -0.15) is 26.3 Å². The molecule has 0 bridgehead atoms. The average molecular weight is 581 g/mol. The molecule has 3 aromatic rings. The summed E-state index contributed by atoms with van der Waals surface area (Å²) in [5.41, 5.74) is -6.51. The molecule has 0 aliphatic heterocycles. The van der Waals surface area contributed by atoms with Crippen LogP contribution in [-0.2, 0) is 5.67 Å². The second-order valence-corrected chi connectivity index (χ2v) is 9.33. The Morgan fingerprint density at radius 3 is 1.71 bits per heavy atom. The van der Waals surface area contributed by atoms with Crippen molar-refractivity contribution in [2.24, 2.45) is 0 Å². The second-order valence-electron chi connectivity index (χ2n) is 9.33. The number of nitrogens with one attached hydrogen (secondary N) is 2. The lowest BCUT2D eigenvalue weighted by molar-refractivity contribution is -0.348. The van der Waals surface area contributed by atoms with Crippen LogP contribution in [0.15, 0.2) is 54.6 Å². The Balaban J connectivity index is 1.95. The molecule has 0 spiro atoms. The van der Waals surface area contributed by atoms with Crippen LogP contribution in [0.5, 0.6) is 0 Å². The van der Waals surface area contributed by atoms with Crippen molar-refractivity contribution in [2.45, 2.75) is 31.9 Å². The summed E-state index contributed by atoms with van der Waals surface area (Å²) in [6, 6.07) is 10.9. The van der Waals surface area contributed by atoms with Crippen molar-refractivity contribution in [2.75, 3.05) is 29.6 Å². The fourth-order valence-corrected chi connectivity index (χ4v) is 4.08. The molecule has 216 valence electrons. The van der Waals surface area contributed by atoms with Gasteiger partial charge in [-0.1, -0.05) is 36.4 Å². The van der Waals surface area contributed by atoms with Gasteiger partial charge in [0, 0.05) is 36.5 Å². The fourth-order valence-electron chi connectivity index (χ4n) is 4.08. The lowest BCUT2D eigenvalue weighted by Gasteiger charge is -2.31. The molecular formula is C28H23F7N4O2. The van der Waals surface area contributed by atoms with Crippen molar-refractivity contribution in [1.82, 2.24) is 0 Å². The van der Waals surface area contributed by atoms with E-state index in [4.69, 9.17) is 6.57 Å². The topological polar surface area (TPSA) is 65.8 Å². The minimum atomic E-state index is -6.27. The number of carbonyl (C=O) groups excluding carboxylic acids is 2. The molecule has 3 aromatic carbocycles. The number of halogens is 7. The molecule has 0 aliphatic rings. The molecule has 0 atom stereocenters. The number of anilines is 3.